The topological polar surface area (TPSA) is 47.6 Å². The van der Waals surface area contributed by atoms with Crippen LogP contribution >= 0.6 is 9.64 Å². The van der Waals surface area contributed by atoms with Gasteiger partial charge in [-0.2, -0.15) is 13.1 Å². The van der Waals surface area contributed by atoms with Crippen LogP contribution in [0.2, 0.25) is 0 Å². The third-order valence-corrected chi connectivity index (χ3v) is 0.125. The Morgan fingerprint density at radius 1 is 1.14 bits per heavy atom. The van der Waals surface area contributed by atoms with E-state index in [-0.39, 0.29) is 20.5 Å². The first-order chi connectivity index (χ1) is 2.91. The Morgan fingerprint density at radius 2 is 1.29 bits per heavy atom. The van der Waals surface area contributed by atoms with Crippen molar-refractivity contribution >= 4 is 9.64 Å². The summed E-state index contributed by atoms with van der Waals surface area (Å²) < 4.78 is 0. The third kappa shape index (κ3) is 47.2. The van der Waals surface area contributed by atoms with E-state index in [0.717, 1.165) is 0 Å². The van der Waals surface area contributed by atoms with E-state index in [1.54, 1.807) is 0 Å². The van der Waals surface area contributed by atoms with Crippen molar-refractivity contribution in [3.05, 3.63) is 18.9 Å². The molecule has 0 saturated heterocycles. The summed E-state index contributed by atoms with van der Waals surface area (Å²) in [5.41, 5.74) is 12.5. The van der Waals surface area contributed by atoms with Gasteiger partial charge in [0, 0.05) is 0 Å². The second-order valence-corrected chi connectivity index (χ2v) is 0.500. The zero-order valence-corrected chi connectivity index (χ0v) is 7.44. The fourth-order valence-electron chi connectivity index (χ4n) is 0. The fourth-order valence-corrected chi connectivity index (χ4v) is 0. The van der Waals surface area contributed by atoms with E-state index in [2.05, 4.69) is 9.64 Å². The molecular formula is C3H9ClN2Os-3. The third-order valence-electron chi connectivity index (χ3n) is 0.125. The number of hydrogen-bond acceptors (Lipinski definition) is 0. The van der Waals surface area contributed by atoms with Crippen LogP contribution in [0.4, 0.5) is 0 Å². The molecule has 0 aromatic heterocycles. The van der Waals surface area contributed by atoms with Gasteiger partial charge >= 0.3 is 27.2 Å². The maximum absolute atomic E-state index is 6.26. The van der Waals surface area contributed by atoms with Crippen LogP contribution in [-0.4, -0.2) is 13.1 Å². The first-order valence-corrected chi connectivity index (χ1v) is 4.49. The van der Waals surface area contributed by atoms with Crippen molar-refractivity contribution in [1.29, 1.82) is 0 Å². The molecule has 7 heavy (non-hydrogen) atoms. The predicted molar refractivity (Wildman–Crippen MR) is 30.6 cm³/mol. The summed E-state index contributed by atoms with van der Waals surface area (Å²) in [7, 11) is 4.67. The molecule has 2 N–H and O–H groups in total. The summed E-state index contributed by atoms with van der Waals surface area (Å²) in [6, 6.07) is 0. The van der Waals surface area contributed by atoms with Crippen LogP contribution < -0.4 is 0 Å². The van der Waals surface area contributed by atoms with Crippen molar-refractivity contribution in [2.24, 2.45) is 0 Å². The molecule has 4 heteroatoms. The molecule has 0 heterocycles. The van der Waals surface area contributed by atoms with Gasteiger partial charge in [-0.25, -0.2) is 0 Å². The molecular weight excluding hydrogens is 290 g/mol. The molecule has 0 aliphatic rings. The van der Waals surface area contributed by atoms with Gasteiger partial charge in [0.25, 0.3) is 0 Å². The first kappa shape index (κ1) is 15.7. The maximum atomic E-state index is 6.26. The van der Waals surface area contributed by atoms with Gasteiger partial charge in [0.2, 0.25) is 0 Å². The van der Waals surface area contributed by atoms with Gasteiger partial charge in [-0.3, -0.25) is 0 Å². The molecule has 0 spiro atoms. The minimum absolute atomic E-state index is 0. The molecule has 49 valence electrons. The summed E-state index contributed by atoms with van der Waals surface area (Å²) in [4.78, 5) is 0. The molecule has 0 fully saturated rings. The van der Waals surface area contributed by atoms with Gasteiger partial charge in [-0.15, -0.1) is 0 Å². The van der Waals surface area contributed by atoms with Gasteiger partial charge in [-0.05, 0) is 0 Å². The summed E-state index contributed by atoms with van der Waals surface area (Å²) in [5, 5.41) is 0. The van der Waals surface area contributed by atoms with Crippen molar-refractivity contribution in [3.8, 4) is 0 Å². The van der Waals surface area contributed by atoms with E-state index in [0.29, 0.717) is 0 Å². The Bertz CT molecular complexity index is 14.9. The van der Waals surface area contributed by atoms with Crippen LogP contribution in [0.15, 0.2) is 0 Å². The van der Waals surface area contributed by atoms with Crippen LogP contribution in [0.25, 0.3) is 11.5 Å². The molecule has 0 aromatic carbocycles. The van der Waals surface area contributed by atoms with Crippen LogP contribution in [-0.2, 0) is 17.6 Å². The largest absolute Gasteiger partial charge is 0.679 e. The Kier molecular flexibility index (Phi) is 64.6. The standard InChI is InChI=1S/C2H6N2.CH3.ClH.Os/c3-1-2-4;;;/h3-4H,1-2H2;1H3;1H;/q-2;-1;;+1/p-1. The summed E-state index contributed by atoms with van der Waals surface area (Å²) in [6.07, 6.45) is 0. The van der Waals surface area contributed by atoms with Crippen LogP contribution in [0.1, 0.15) is 0 Å². The first-order valence-electron chi connectivity index (χ1n) is 1.34. The second kappa shape index (κ2) is 28.9. The maximum Gasteiger partial charge on any atom is -0.171 e. The van der Waals surface area contributed by atoms with E-state index in [9.17, 15) is 0 Å². The molecule has 0 atom stereocenters. The molecule has 0 bridgehead atoms. The summed E-state index contributed by atoms with van der Waals surface area (Å²) in [5.74, 6) is 0. The van der Waals surface area contributed by atoms with E-state index >= 15 is 0 Å². The molecule has 0 saturated carbocycles. The fraction of sp³-hybridized carbons (Fsp3) is 0.667. The van der Waals surface area contributed by atoms with Crippen molar-refractivity contribution in [1.82, 2.24) is 0 Å². The van der Waals surface area contributed by atoms with Gasteiger partial charge in [0.05, 0.1) is 0 Å². The average Bonchev–Trinajstić information content (AvgIpc) is 1.72. The molecule has 0 radical (unpaired) electrons. The van der Waals surface area contributed by atoms with Crippen molar-refractivity contribution < 1.29 is 17.6 Å². The van der Waals surface area contributed by atoms with E-state index in [1.807, 2.05) is 0 Å². The number of nitrogens with one attached hydrogen (secondary N) is 2. The van der Waals surface area contributed by atoms with Crippen molar-refractivity contribution in [2.45, 2.75) is 0 Å². The average molecular weight is 299 g/mol. The minimum Gasteiger partial charge on any atom is -0.679 e. The van der Waals surface area contributed by atoms with Gasteiger partial charge < -0.3 is 18.9 Å². The molecule has 0 amide bonds. The van der Waals surface area contributed by atoms with Crippen LogP contribution in [0.5, 0.6) is 0 Å². The zero-order valence-electron chi connectivity index (χ0n) is 4.15. The van der Waals surface area contributed by atoms with E-state index < -0.39 is 0 Å². The number of hydrogen-bond donors (Lipinski definition) is 0. The molecule has 0 unspecified atom stereocenters. The van der Waals surface area contributed by atoms with E-state index in [4.69, 9.17) is 11.5 Å². The molecule has 0 aliphatic carbocycles. The number of halogens is 1. The van der Waals surface area contributed by atoms with Crippen LogP contribution in [0, 0.1) is 7.43 Å². The molecule has 0 aromatic rings. The molecule has 0 aliphatic heterocycles. The normalized spacial score (nSPS) is 5.14. The zero-order chi connectivity index (χ0) is 5.41. The monoisotopic (exact) mass is 300 g/mol. The SMILES string of the molecule is [CH3-].[Cl][Os].[NH-]CC[NH-]. The Balaban J connectivity index is -0.0000000480. The van der Waals surface area contributed by atoms with Gasteiger partial charge in [0.15, 0.2) is 0 Å². The second-order valence-electron chi connectivity index (χ2n) is 0.500. The van der Waals surface area contributed by atoms with E-state index in [1.165, 1.54) is 17.6 Å². The van der Waals surface area contributed by atoms with Gasteiger partial charge in [0.1, 0.15) is 0 Å². The van der Waals surface area contributed by atoms with Crippen LogP contribution in [0.3, 0.4) is 0 Å². The summed E-state index contributed by atoms with van der Waals surface area (Å²) >= 11 is 1.33. The minimum atomic E-state index is 0. The predicted octanol–water partition coefficient (Wildman–Crippen LogP) is 2.23. The molecule has 0 rings (SSSR count). The quantitative estimate of drug-likeness (QED) is 0.667. The molecule has 2 nitrogen and oxygen atoms in total. The van der Waals surface area contributed by atoms with Crippen molar-refractivity contribution in [2.75, 3.05) is 13.1 Å². The van der Waals surface area contributed by atoms with Crippen molar-refractivity contribution in [3.63, 3.8) is 0 Å². The Morgan fingerprint density at radius 3 is 1.29 bits per heavy atom. The Labute approximate surface area is 59.5 Å². The van der Waals surface area contributed by atoms with Gasteiger partial charge in [-0.1, -0.05) is 0 Å². The summed E-state index contributed by atoms with van der Waals surface area (Å²) in [6.45, 7) is 0.472. The Hall–Kier alpha value is 0.846. The smallest absolute Gasteiger partial charge is 0.171 e. The number of rotatable bonds is 1.